The quantitative estimate of drug-likeness (QED) is 0.735. The second-order valence-electron chi connectivity index (χ2n) is 8.81. The van der Waals surface area contributed by atoms with E-state index in [1.54, 1.807) is 0 Å². The predicted octanol–water partition coefficient (Wildman–Crippen LogP) is 2.67. The molecule has 3 aliphatic rings. The Bertz CT molecular complexity index is 610. The van der Waals surface area contributed by atoms with Gasteiger partial charge in [0.15, 0.2) is 0 Å². The van der Waals surface area contributed by atoms with Crippen LogP contribution in [-0.4, -0.2) is 60.5 Å². The summed E-state index contributed by atoms with van der Waals surface area (Å²) in [6.45, 7) is 5.57. The van der Waals surface area contributed by atoms with Gasteiger partial charge in [0.1, 0.15) is 0 Å². The van der Waals surface area contributed by atoms with Gasteiger partial charge in [-0.25, -0.2) is 0 Å². The molecule has 0 aromatic heterocycles. The molecule has 2 saturated carbocycles. The lowest BCUT2D eigenvalue weighted by molar-refractivity contribution is -0.125. The Morgan fingerprint density at radius 2 is 1.55 bits per heavy atom. The molecule has 3 N–H and O–H groups in total. The molecule has 164 valence electrons. The first-order chi connectivity index (χ1) is 13.2. The van der Waals surface area contributed by atoms with Gasteiger partial charge in [0.05, 0.1) is 6.54 Å². The summed E-state index contributed by atoms with van der Waals surface area (Å²) in [6, 6.07) is 11.3. The topological polar surface area (TPSA) is 61.6 Å². The van der Waals surface area contributed by atoms with Gasteiger partial charge in [-0.1, -0.05) is 36.8 Å². The Balaban J connectivity index is 0.00000150. The number of carbonyl (C=O) groups excluding carboxylic acids is 1. The summed E-state index contributed by atoms with van der Waals surface area (Å²) in [4.78, 5) is 17.5. The molecule has 0 radical (unpaired) electrons. The molecule has 2 atom stereocenters. The van der Waals surface area contributed by atoms with Crippen molar-refractivity contribution in [1.29, 1.82) is 0 Å². The molecule has 1 aromatic rings. The maximum atomic E-state index is 12.7. The maximum absolute atomic E-state index is 12.7. The Morgan fingerprint density at radius 3 is 2.17 bits per heavy atom. The first-order valence-corrected chi connectivity index (χ1v) is 10.7. The molecule has 1 heterocycles. The average molecular weight is 443 g/mol. The van der Waals surface area contributed by atoms with Gasteiger partial charge in [-0.3, -0.25) is 14.6 Å². The Labute approximate surface area is 187 Å². The standard InChI is InChI=1S/C22H34N4O.2ClH/c23-20-13-18-7-4-8-19(14-20)22(18)24-21(27)16-26-11-9-25(10-12-26)15-17-5-2-1-3-6-17;;/h1-3,5-6,18-20,22H,4,7-16,23H2,(H,24,27);2*1H. The number of nitrogens with zero attached hydrogens (tertiary/aromatic N) is 2. The van der Waals surface area contributed by atoms with Crippen LogP contribution in [0.5, 0.6) is 0 Å². The fraction of sp³-hybridized carbons (Fsp3) is 0.682. The van der Waals surface area contributed by atoms with Crippen LogP contribution in [0.25, 0.3) is 0 Å². The van der Waals surface area contributed by atoms with Crippen molar-refractivity contribution in [2.24, 2.45) is 17.6 Å². The molecule has 4 rings (SSSR count). The van der Waals surface area contributed by atoms with Crippen LogP contribution in [0, 0.1) is 11.8 Å². The van der Waals surface area contributed by atoms with Gasteiger partial charge in [-0.15, -0.1) is 24.8 Å². The minimum atomic E-state index is 0. The zero-order valence-electron chi connectivity index (χ0n) is 17.2. The van der Waals surface area contributed by atoms with Crippen molar-refractivity contribution in [2.75, 3.05) is 32.7 Å². The average Bonchev–Trinajstić information content (AvgIpc) is 2.65. The summed E-state index contributed by atoms with van der Waals surface area (Å²) in [5.74, 6) is 1.40. The molecule has 29 heavy (non-hydrogen) atoms. The fourth-order valence-corrected chi connectivity index (χ4v) is 5.41. The molecule has 5 nitrogen and oxygen atoms in total. The van der Waals surface area contributed by atoms with Crippen LogP contribution in [0.2, 0.25) is 0 Å². The van der Waals surface area contributed by atoms with E-state index in [1.807, 2.05) is 0 Å². The van der Waals surface area contributed by atoms with Crippen molar-refractivity contribution in [3.05, 3.63) is 35.9 Å². The van der Waals surface area contributed by atoms with Crippen LogP contribution in [0.15, 0.2) is 30.3 Å². The number of nitrogens with two attached hydrogens (primary N) is 1. The van der Waals surface area contributed by atoms with E-state index >= 15 is 0 Å². The van der Waals surface area contributed by atoms with E-state index in [1.165, 1.54) is 24.8 Å². The lowest BCUT2D eigenvalue weighted by atomic mass is 9.67. The molecule has 2 unspecified atom stereocenters. The van der Waals surface area contributed by atoms with Crippen LogP contribution in [-0.2, 0) is 11.3 Å². The number of rotatable bonds is 5. The van der Waals surface area contributed by atoms with E-state index in [4.69, 9.17) is 5.73 Å². The molecular formula is C22H36Cl2N4O. The lowest BCUT2D eigenvalue weighted by Crippen LogP contribution is -2.56. The van der Waals surface area contributed by atoms with E-state index in [9.17, 15) is 4.79 Å². The highest BCUT2D eigenvalue weighted by molar-refractivity contribution is 5.85. The predicted molar refractivity (Wildman–Crippen MR) is 123 cm³/mol. The minimum Gasteiger partial charge on any atom is -0.352 e. The van der Waals surface area contributed by atoms with Crippen molar-refractivity contribution in [1.82, 2.24) is 15.1 Å². The smallest absolute Gasteiger partial charge is 0.234 e. The minimum absolute atomic E-state index is 0. The molecule has 2 aliphatic carbocycles. The van der Waals surface area contributed by atoms with E-state index in [2.05, 4.69) is 45.4 Å². The Kier molecular flexibility index (Phi) is 9.70. The largest absolute Gasteiger partial charge is 0.352 e. The van der Waals surface area contributed by atoms with Gasteiger partial charge in [-0.05, 0) is 43.1 Å². The van der Waals surface area contributed by atoms with Crippen LogP contribution in [0.1, 0.15) is 37.7 Å². The van der Waals surface area contributed by atoms with Gasteiger partial charge in [0, 0.05) is 44.8 Å². The van der Waals surface area contributed by atoms with Crippen molar-refractivity contribution < 1.29 is 4.79 Å². The van der Waals surface area contributed by atoms with Gasteiger partial charge in [-0.2, -0.15) is 0 Å². The molecule has 1 saturated heterocycles. The highest BCUT2D eigenvalue weighted by Crippen LogP contribution is 2.39. The van der Waals surface area contributed by atoms with Crippen molar-refractivity contribution in [3.63, 3.8) is 0 Å². The van der Waals surface area contributed by atoms with E-state index < -0.39 is 0 Å². The van der Waals surface area contributed by atoms with Crippen molar-refractivity contribution in [3.8, 4) is 0 Å². The normalized spacial score (nSPS) is 30.0. The SMILES string of the molecule is Cl.Cl.NC1CC2CCCC(C1)C2NC(=O)CN1CCN(Cc2ccccc2)CC1. The van der Waals surface area contributed by atoms with Crippen LogP contribution < -0.4 is 11.1 Å². The molecule has 7 heteroatoms. The number of halogens is 2. The molecule has 0 spiro atoms. The summed E-state index contributed by atoms with van der Waals surface area (Å²) < 4.78 is 0. The third kappa shape index (κ3) is 6.56. The van der Waals surface area contributed by atoms with Crippen molar-refractivity contribution >= 4 is 30.7 Å². The number of piperazine rings is 1. The second-order valence-corrected chi connectivity index (χ2v) is 8.81. The summed E-state index contributed by atoms with van der Waals surface area (Å²) in [6.07, 6.45) is 5.93. The zero-order chi connectivity index (χ0) is 18.6. The van der Waals surface area contributed by atoms with Crippen LogP contribution in [0.4, 0.5) is 0 Å². The number of carbonyl (C=O) groups is 1. The number of benzene rings is 1. The van der Waals surface area contributed by atoms with Crippen molar-refractivity contribution in [2.45, 2.75) is 50.7 Å². The Hall–Kier alpha value is -0.850. The van der Waals surface area contributed by atoms with Crippen LogP contribution in [0.3, 0.4) is 0 Å². The van der Waals surface area contributed by atoms with E-state index in [0.717, 1.165) is 45.6 Å². The number of hydrogen-bond acceptors (Lipinski definition) is 4. The number of hydrogen-bond donors (Lipinski definition) is 2. The van der Waals surface area contributed by atoms with Gasteiger partial charge >= 0.3 is 0 Å². The summed E-state index contributed by atoms with van der Waals surface area (Å²) in [5, 5.41) is 3.39. The molecule has 1 amide bonds. The van der Waals surface area contributed by atoms with E-state index in [-0.39, 0.29) is 30.7 Å². The highest BCUT2D eigenvalue weighted by atomic mass is 35.5. The highest BCUT2D eigenvalue weighted by Gasteiger charge is 2.40. The zero-order valence-corrected chi connectivity index (χ0v) is 18.8. The summed E-state index contributed by atoms with van der Waals surface area (Å²) in [5.41, 5.74) is 7.58. The van der Waals surface area contributed by atoms with Gasteiger partial charge in [0.25, 0.3) is 0 Å². The monoisotopic (exact) mass is 442 g/mol. The number of nitrogens with one attached hydrogen (secondary N) is 1. The second kappa shape index (κ2) is 11.5. The molecule has 2 bridgehead atoms. The van der Waals surface area contributed by atoms with E-state index in [0.29, 0.717) is 30.5 Å². The molecular weight excluding hydrogens is 407 g/mol. The number of fused-ring (bicyclic) bond motifs is 2. The molecule has 3 fully saturated rings. The fourth-order valence-electron chi connectivity index (χ4n) is 5.41. The van der Waals surface area contributed by atoms with Crippen LogP contribution >= 0.6 is 24.8 Å². The third-order valence-corrected chi connectivity index (χ3v) is 6.79. The summed E-state index contributed by atoms with van der Waals surface area (Å²) in [7, 11) is 0. The lowest BCUT2D eigenvalue weighted by Gasteiger charge is -2.45. The maximum Gasteiger partial charge on any atom is 0.234 e. The van der Waals surface area contributed by atoms with Gasteiger partial charge < -0.3 is 11.1 Å². The third-order valence-electron chi connectivity index (χ3n) is 6.79. The molecule has 1 aliphatic heterocycles. The first-order valence-electron chi connectivity index (χ1n) is 10.7. The Morgan fingerprint density at radius 1 is 0.966 bits per heavy atom. The number of amides is 1. The summed E-state index contributed by atoms with van der Waals surface area (Å²) >= 11 is 0. The molecule has 1 aromatic carbocycles. The van der Waals surface area contributed by atoms with Gasteiger partial charge in [0.2, 0.25) is 5.91 Å². The first kappa shape index (κ1) is 24.4.